The zero-order chi connectivity index (χ0) is 18.5. The molecule has 0 spiro atoms. The van der Waals surface area contributed by atoms with Crippen LogP contribution in [0.25, 0.3) is 21.6 Å². The molecule has 0 fully saturated rings. The standard InChI is InChI=1S/C19H23N3O3S/c1-13(11-25-3)20-18(23)15-12-26-19(21-15)17-10-14-6-4-5-7-16(14)22(17)8-9-24-2/h4-7,10,12-13H,8-9,11H2,1-3H3,(H,20,23). The second-order valence-corrected chi connectivity index (χ2v) is 6.96. The lowest BCUT2D eigenvalue weighted by molar-refractivity contribution is 0.0901. The number of methoxy groups -OCH3 is 2. The normalized spacial score (nSPS) is 12.4. The van der Waals surface area contributed by atoms with Gasteiger partial charge in [-0.15, -0.1) is 11.3 Å². The number of fused-ring (bicyclic) bond motifs is 1. The van der Waals surface area contributed by atoms with Gasteiger partial charge in [0.15, 0.2) is 0 Å². The topological polar surface area (TPSA) is 65.4 Å². The summed E-state index contributed by atoms with van der Waals surface area (Å²) in [5.41, 5.74) is 2.56. The lowest BCUT2D eigenvalue weighted by Gasteiger charge is -2.11. The van der Waals surface area contributed by atoms with Gasteiger partial charge in [-0.05, 0) is 19.1 Å². The van der Waals surface area contributed by atoms with Crippen molar-refractivity contribution in [3.63, 3.8) is 0 Å². The van der Waals surface area contributed by atoms with E-state index in [0.29, 0.717) is 18.9 Å². The van der Waals surface area contributed by atoms with E-state index in [9.17, 15) is 4.79 Å². The first-order valence-corrected chi connectivity index (χ1v) is 9.35. The summed E-state index contributed by atoms with van der Waals surface area (Å²) in [6.45, 7) is 3.70. The van der Waals surface area contributed by atoms with Crippen LogP contribution in [-0.2, 0) is 16.0 Å². The van der Waals surface area contributed by atoms with Crippen molar-refractivity contribution in [1.29, 1.82) is 0 Å². The third-order valence-electron chi connectivity index (χ3n) is 4.08. The maximum absolute atomic E-state index is 12.4. The van der Waals surface area contributed by atoms with E-state index in [1.54, 1.807) is 19.6 Å². The van der Waals surface area contributed by atoms with Crippen molar-refractivity contribution in [1.82, 2.24) is 14.9 Å². The van der Waals surface area contributed by atoms with Crippen molar-refractivity contribution in [2.75, 3.05) is 27.4 Å². The number of hydrogen-bond acceptors (Lipinski definition) is 5. The fraction of sp³-hybridized carbons (Fsp3) is 0.368. The molecule has 0 saturated carbocycles. The second-order valence-electron chi connectivity index (χ2n) is 6.10. The van der Waals surface area contributed by atoms with Crippen LogP contribution < -0.4 is 5.32 Å². The lowest BCUT2D eigenvalue weighted by atomic mass is 10.2. The van der Waals surface area contributed by atoms with Gasteiger partial charge in [0.2, 0.25) is 0 Å². The lowest BCUT2D eigenvalue weighted by Crippen LogP contribution is -2.35. The van der Waals surface area contributed by atoms with E-state index < -0.39 is 0 Å². The predicted octanol–water partition coefficient (Wildman–Crippen LogP) is 3.18. The van der Waals surface area contributed by atoms with E-state index in [1.807, 2.05) is 19.1 Å². The van der Waals surface area contributed by atoms with Gasteiger partial charge in [-0.1, -0.05) is 18.2 Å². The Bertz CT molecular complexity index is 887. The molecule has 3 aromatic rings. The Hall–Kier alpha value is -2.22. The number of hydrogen-bond donors (Lipinski definition) is 1. The van der Waals surface area contributed by atoms with E-state index in [-0.39, 0.29) is 11.9 Å². The predicted molar refractivity (Wildman–Crippen MR) is 104 cm³/mol. The number of amides is 1. The van der Waals surface area contributed by atoms with Crippen LogP contribution in [0.3, 0.4) is 0 Å². The molecule has 1 unspecified atom stereocenters. The van der Waals surface area contributed by atoms with Crippen molar-refractivity contribution in [3.8, 4) is 10.7 Å². The molecule has 6 nitrogen and oxygen atoms in total. The number of ether oxygens (including phenoxy) is 2. The zero-order valence-corrected chi connectivity index (χ0v) is 16.0. The van der Waals surface area contributed by atoms with Crippen molar-refractivity contribution in [2.45, 2.75) is 19.5 Å². The molecule has 1 atom stereocenters. The summed E-state index contributed by atoms with van der Waals surface area (Å²) in [5.74, 6) is -0.184. The van der Waals surface area contributed by atoms with Gasteiger partial charge in [0.05, 0.1) is 18.9 Å². The fourth-order valence-corrected chi connectivity index (χ4v) is 3.72. The van der Waals surface area contributed by atoms with E-state index in [4.69, 9.17) is 9.47 Å². The number of para-hydroxylation sites is 1. The average molecular weight is 373 g/mol. The number of benzene rings is 1. The highest BCUT2D eigenvalue weighted by Gasteiger charge is 2.17. The summed E-state index contributed by atoms with van der Waals surface area (Å²) in [6, 6.07) is 10.3. The molecule has 2 heterocycles. The zero-order valence-electron chi connectivity index (χ0n) is 15.2. The Balaban J connectivity index is 1.90. The van der Waals surface area contributed by atoms with Crippen LogP contribution in [0.5, 0.6) is 0 Å². The number of nitrogens with one attached hydrogen (secondary N) is 1. The quantitative estimate of drug-likeness (QED) is 0.659. The van der Waals surface area contributed by atoms with Gasteiger partial charge in [-0.25, -0.2) is 4.98 Å². The molecule has 26 heavy (non-hydrogen) atoms. The molecule has 0 aliphatic heterocycles. The highest BCUT2D eigenvalue weighted by Crippen LogP contribution is 2.30. The molecule has 138 valence electrons. The van der Waals surface area contributed by atoms with Crippen molar-refractivity contribution < 1.29 is 14.3 Å². The van der Waals surface area contributed by atoms with Crippen LogP contribution >= 0.6 is 11.3 Å². The number of aromatic nitrogens is 2. The summed E-state index contributed by atoms with van der Waals surface area (Å²) in [6.07, 6.45) is 0. The molecule has 0 saturated heterocycles. The van der Waals surface area contributed by atoms with Gasteiger partial charge < -0.3 is 19.4 Å². The molecule has 1 amide bonds. The van der Waals surface area contributed by atoms with E-state index in [2.05, 4.69) is 33.1 Å². The van der Waals surface area contributed by atoms with Crippen LogP contribution in [0.1, 0.15) is 17.4 Å². The van der Waals surface area contributed by atoms with Crippen LogP contribution in [0.2, 0.25) is 0 Å². The molecule has 0 aliphatic rings. The van der Waals surface area contributed by atoms with Gasteiger partial charge in [-0.2, -0.15) is 0 Å². The molecule has 0 aliphatic carbocycles. The largest absolute Gasteiger partial charge is 0.383 e. The molecule has 7 heteroatoms. The first-order valence-electron chi connectivity index (χ1n) is 8.47. The second kappa shape index (κ2) is 8.44. The summed E-state index contributed by atoms with van der Waals surface area (Å²) in [4.78, 5) is 16.9. The minimum atomic E-state index is -0.184. The molecule has 2 aromatic heterocycles. The Kier molecular flexibility index (Phi) is 6.03. The van der Waals surface area contributed by atoms with Crippen LogP contribution in [0.4, 0.5) is 0 Å². The van der Waals surface area contributed by atoms with Crippen LogP contribution in [0, 0.1) is 0 Å². The summed E-state index contributed by atoms with van der Waals surface area (Å²) >= 11 is 1.47. The van der Waals surface area contributed by atoms with Gasteiger partial charge in [0.25, 0.3) is 5.91 Å². The Morgan fingerprint density at radius 2 is 2.12 bits per heavy atom. The molecule has 3 rings (SSSR count). The number of thiazole rings is 1. The SMILES string of the molecule is COCCn1c(-c2nc(C(=O)NC(C)COC)cs2)cc2ccccc21. The van der Waals surface area contributed by atoms with Crippen molar-refractivity contribution in [3.05, 3.63) is 41.4 Å². The molecular weight excluding hydrogens is 350 g/mol. The summed E-state index contributed by atoms with van der Waals surface area (Å²) < 4.78 is 12.5. The summed E-state index contributed by atoms with van der Waals surface area (Å²) in [5, 5.41) is 6.65. The molecular formula is C19H23N3O3S. The Morgan fingerprint density at radius 1 is 1.31 bits per heavy atom. The van der Waals surface area contributed by atoms with E-state index in [0.717, 1.165) is 28.1 Å². The fourth-order valence-electron chi connectivity index (χ4n) is 2.90. The maximum atomic E-state index is 12.4. The van der Waals surface area contributed by atoms with Gasteiger partial charge in [0, 0.05) is 43.1 Å². The third kappa shape index (κ3) is 3.95. The molecule has 1 aromatic carbocycles. The number of carbonyl (C=O) groups excluding carboxylic acids is 1. The Labute approximate surface area is 156 Å². The third-order valence-corrected chi connectivity index (χ3v) is 4.94. The van der Waals surface area contributed by atoms with Gasteiger partial charge in [-0.3, -0.25) is 4.79 Å². The molecule has 0 radical (unpaired) electrons. The van der Waals surface area contributed by atoms with Crippen molar-refractivity contribution in [2.24, 2.45) is 0 Å². The Morgan fingerprint density at radius 3 is 2.88 bits per heavy atom. The van der Waals surface area contributed by atoms with Crippen LogP contribution in [0.15, 0.2) is 35.7 Å². The molecule has 1 N–H and O–H groups in total. The first kappa shape index (κ1) is 18.6. The minimum absolute atomic E-state index is 0.0641. The first-order chi connectivity index (χ1) is 12.6. The van der Waals surface area contributed by atoms with Crippen molar-refractivity contribution >= 4 is 28.1 Å². The monoisotopic (exact) mass is 373 g/mol. The van der Waals surface area contributed by atoms with E-state index in [1.165, 1.54) is 11.3 Å². The highest BCUT2D eigenvalue weighted by atomic mass is 32.1. The molecule has 0 bridgehead atoms. The summed E-state index contributed by atoms with van der Waals surface area (Å²) in [7, 11) is 3.31. The number of rotatable bonds is 8. The average Bonchev–Trinajstić information content (AvgIpc) is 3.25. The van der Waals surface area contributed by atoms with Gasteiger partial charge >= 0.3 is 0 Å². The highest BCUT2D eigenvalue weighted by molar-refractivity contribution is 7.13. The minimum Gasteiger partial charge on any atom is -0.383 e. The van der Waals surface area contributed by atoms with Crippen LogP contribution in [-0.4, -0.2) is 48.9 Å². The number of carbonyl (C=O) groups is 1. The number of nitrogens with zero attached hydrogens (tertiary/aromatic N) is 2. The van der Waals surface area contributed by atoms with E-state index >= 15 is 0 Å². The smallest absolute Gasteiger partial charge is 0.271 e. The maximum Gasteiger partial charge on any atom is 0.271 e. The van der Waals surface area contributed by atoms with Gasteiger partial charge in [0.1, 0.15) is 10.7 Å².